The lowest BCUT2D eigenvalue weighted by Crippen LogP contribution is -2.40. The highest BCUT2D eigenvalue weighted by atomic mass is 31.2. The Balaban J connectivity index is 1.67. The first-order valence-corrected chi connectivity index (χ1v) is 12.0. The van der Waals surface area contributed by atoms with E-state index in [1.54, 1.807) is 30.3 Å². The number of non-ortho nitro benzene ring substituents is 1. The second kappa shape index (κ2) is 11.1. The van der Waals surface area contributed by atoms with Gasteiger partial charge in [-0.2, -0.15) is 0 Å². The Labute approximate surface area is 185 Å². The molecule has 3 rings (SSSR count). The average molecular weight is 463 g/mol. The molecule has 1 saturated carbocycles. The molecule has 0 bridgehead atoms. The topological polar surface area (TPSA) is 129 Å². The van der Waals surface area contributed by atoms with Gasteiger partial charge in [-0.25, -0.2) is 9.65 Å². The zero-order valence-corrected chi connectivity index (χ0v) is 18.5. The third kappa shape index (κ3) is 7.05. The van der Waals surface area contributed by atoms with Crippen LogP contribution in [-0.2, 0) is 14.1 Å². The van der Waals surface area contributed by atoms with Crippen LogP contribution in [0.2, 0.25) is 0 Å². The van der Waals surface area contributed by atoms with E-state index in [0.717, 1.165) is 32.1 Å². The van der Waals surface area contributed by atoms with Crippen molar-refractivity contribution in [3.8, 4) is 11.5 Å². The van der Waals surface area contributed by atoms with Crippen LogP contribution in [0.5, 0.6) is 11.5 Å². The van der Waals surface area contributed by atoms with E-state index in [1.165, 1.54) is 31.2 Å². The number of para-hydroxylation sites is 1. The van der Waals surface area contributed by atoms with Crippen LogP contribution in [0.3, 0.4) is 0 Å². The average Bonchev–Trinajstić information content (AvgIpc) is 2.79. The molecule has 1 aliphatic rings. The standard InChI is InChI=1S/C21H26N3O7P/c1-16(21(25)29-18-8-4-2-5-9-18)22-32(28,31-20-10-6-3-7-11-20)23-30-19-14-12-17(13-15-19)24(26)27/h3,6-7,10-16,18H,2,4-5,8-9H2,1H3,(H2,22,23,28)/t16-,32?/m0/s1. The van der Waals surface area contributed by atoms with E-state index in [4.69, 9.17) is 14.1 Å². The van der Waals surface area contributed by atoms with E-state index in [-0.39, 0.29) is 23.3 Å². The van der Waals surface area contributed by atoms with Crippen molar-refractivity contribution in [3.63, 3.8) is 0 Å². The minimum absolute atomic E-state index is 0.113. The normalized spacial score (nSPS) is 17.0. The van der Waals surface area contributed by atoms with E-state index in [0.29, 0.717) is 0 Å². The number of hydrogen-bond donors (Lipinski definition) is 2. The molecule has 2 atom stereocenters. The summed E-state index contributed by atoms with van der Waals surface area (Å²) in [6.07, 6.45) is 4.65. The highest BCUT2D eigenvalue weighted by molar-refractivity contribution is 7.55. The highest BCUT2D eigenvalue weighted by Crippen LogP contribution is 2.39. The summed E-state index contributed by atoms with van der Waals surface area (Å²) >= 11 is 0. The van der Waals surface area contributed by atoms with Gasteiger partial charge in [-0.05, 0) is 56.9 Å². The zero-order valence-electron chi connectivity index (χ0n) is 17.6. The number of nitro groups is 1. The molecule has 11 heteroatoms. The molecule has 0 aromatic heterocycles. The van der Waals surface area contributed by atoms with Gasteiger partial charge in [-0.3, -0.25) is 14.9 Å². The van der Waals surface area contributed by atoms with Crippen LogP contribution in [0, 0.1) is 10.1 Å². The first-order valence-electron chi connectivity index (χ1n) is 10.4. The first-order chi connectivity index (χ1) is 15.3. The van der Waals surface area contributed by atoms with Gasteiger partial charge >= 0.3 is 13.6 Å². The highest BCUT2D eigenvalue weighted by Gasteiger charge is 2.33. The Morgan fingerprint density at radius 2 is 1.72 bits per heavy atom. The predicted octanol–water partition coefficient (Wildman–Crippen LogP) is 4.52. The largest absolute Gasteiger partial charge is 0.461 e. The summed E-state index contributed by atoms with van der Waals surface area (Å²) in [6.45, 7) is 1.53. The minimum atomic E-state index is -3.96. The third-order valence-corrected chi connectivity index (χ3v) is 6.39. The summed E-state index contributed by atoms with van der Waals surface area (Å²) in [4.78, 5) is 28.1. The van der Waals surface area contributed by atoms with Crippen molar-refractivity contribution in [2.75, 3.05) is 0 Å². The number of nitro benzene ring substituents is 1. The minimum Gasteiger partial charge on any atom is -0.461 e. The van der Waals surface area contributed by atoms with Gasteiger partial charge in [0.05, 0.1) is 4.92 Å². The summed E-state index contributed by atoms with van der Waals surface area (Å²) in [7, 11) is -3.96. The molecule has 172 valence electrons. The molecule has 32 heavy (non-hydrogen) atoms. The number of carbonyl (C=O) groups excluding carboxylic acids is 1. The third-order valence-electron chi connectivity index (χ3n) is 4.86. The van der Waals surface area contributed by atoms with Crippen LogP contribution in [0.15, 0.2) is 54.6 Å². The Bertz CT molecular complexity index is 950. The zero-order chi connectivity index (χ0) is 23.0. The molecule has 0 spiro atoms. The number of esters is 1. The summed E-state index contributed by atoms with van der Waals surface area (Å²) in [5.41, 5.74) is -0.113. The molecule has 2 aromatic carbocycles. The second-order valence-electron chi connectivity index (χ2n) is 7.45. The van der Waals surface area contributed by atoms with Crippen molar-refractivity contribution in [1.82, 2.24) is 10.3 Å². The number of rotatable bonds is 10. The summed E-state index contributed by atoms with van der Waals surface area (Å²) < 4.78 is 24.6. The maximum Gasteiger partial charge on any atom is 0.423 e. The molecule has 0 aliphatic heterocycles. The smallest absolute Gasteiger partial charge is 0.423 e. The Kier molecular flexibility index (Phi) is 8.21. The lowest BCUT2D eigenvalue weighted by molar-refractivity contribution is -0.384. The van der Waals surface area contributed by atoms with Crippen molar-refractivity contribution in [2.24, 2.45) is 0 Å². The Morgan fingerprint density at radius 1 is 1.06 bits per heavy atom. The van der Waals surface area contributed by atoms with Gasteiger partial charge in [0.2, 0.25) is 0 Å². The van der Waals surface area contributed by atoms with E-state index in [9.17, 15) is 19.5 Å². The molecule has 1 aliphatic carbocycles. The van der Waals surface area contributed by atoms with E-state index in [1.807, 2.05) is 0 Å². The van der Waals surface area contributed by atoms with Crippen molar-refractivity contribution >= 4 is 19.3 Å². The predicted molar refractivity (Wildman–Crippen MR) is 117 cm³/mol. The van der Waals surface area contributed by atoms with E-state index in [2.05, 4.69) is 10.3 Å². The molecule has 1 unspecified atom stereocenters. The molecular weight excluding hydrogens is 437 g/mol. The van der Waals surface area contributed by atoms with Crippen molar-refractivity contribution < 1.29 is 28.4 Å². The lowest BCUT2D eigenvalue weighted by Gasteiger charge is -2.26. The van der Waals surface area contributed by atoms with Crippen LogP contribution in [0.25, 0.3) is 0 Å². The maximum absolute atomic E-state index is 13.5. The van der Waals surface area contributed by atoms with Gasteiger partial charge in [-0.15, -0.1) is 0 Å². The van der Waals surface area contributed by atoms with E-state index < -0.39 is 24.6 Å². The molecule has 0 saturated heterocycles. The maximum atomic E-state index is 13.5. The fraction of sp³-hybridized carbons (Fsp3) is 0.381. The lowest BCUT2D eigenvalue weighted by atomic mass is 9.98. The van der Waals surface area contributed by atoms with Gasteiger partial charge in [0, 0.05) is 12.1 Å². The quantitative estimate of drug-likeness (QED) is 0.226. The van der Waals surface area contributed by atoms with Crippen LogP contribution in [-0.4, -0.2) is 23.0 Å². The molecule has 0 radical (unpaired) electrons. The molecule has 10 nitrogen and oxygen atoms in total. The number of nitrogens with zero attached hydrogens (tertiary/aromatic N) is 1. The van der Waals surface area contributed by atoms with Gasteiger partial charge in [-0.1, -0.05) is 29.9 Å². The van der Waals surface area contributed by atoms with Crippen LogP contribution >= 0.6 is 7.67 Å². The fourth-order valence-corrected chi connectivity index (χ4v) is 4.61. The van der Waals surface area contributed by atoms with E-state index >= 15 is 0 Å². The van der Waals surface area contributed by atoms with Gasteiger partial charge in [0.1, 0.15) is 23.6 Å². The van der Waals surface area contributed by atoms with Crippen molar-refractivity contribution in [1.29, 1.82) is 0 Å². The van der Waals surface area contributed by atoms with Crippen LogP contribution < -0.4 is 19.7 Å². The van der Waals surface area contributed by atoms with Gasteiger partial charge in [0.25, 0.3) is 5.69 Å². The summed E-state index contributed by atoms with van der Waals surface area (Å²) in [6, 6.07) is 12.6. The SMILES string of the molecule is C[C@H](NP(=O)(NOc1ccc([N+](=O)[O-])cc1)Oc1ccccc1)C(=O)OC1CCCCC1. The Hall–Kier alpha value is -2.94. The summed E-state index contributed by atoms with van der Waals surface area (Å²) in [5, 5.41) is 15.8. The van der Waals surface area contributed by atoms with Crippen LogP contribution in [0.4, 0.5) is 5.69 Å². The molecule has 2 aromatic rings. The van der Waals surface area contributed by atoms with Crippen molar-refractivity contribution in [3.05, 3.63) is 64.7 Å². The number of benzene rings is 2. The molecule has 2 N–H and O–H groups in total. The summed E-state index contributed by atoms with van der Waals surface area (Å²) in [5.74, 6) is -0.0753. The molecule has 0 heterocycles. The molecular formula is C21H26N3O7P. The second-order valence-corrected chi connectivity index (χ2v) is 9.17. The number of carbonyl (C=O) groups is 1. The van der Waals surface area contributed by atoms with Gasteiger partial charge in [0.15, 0.2) is 0 Å². The molecule has 0 amide bonds. The Morgan fingerprint density at radius 3 is 2.34 bits per heavy atom. The fourth-order valence-electron chi connectivity index (χ4n) is 3.21. The van der Waals surface area contributed by atoms with Gasteiger partial charge < -0.3 is 14.1 Å². The van der Waals surface area contributed by atoms with Crippen LogP contribution in [0.1, 0.15) is 39.0 Å². The monoisotopic (exact) mass is 463 g/mol. The number of ether oxygens (including phenoxy) is 1. The first kappa shape index (κ1) is 23.7. The number of nitrogens with one attached hydrogen (secondary N) is 2. The van der Waals surface area contributed by atoms with Crippen molar-refractivity contribution in [2.45, 2.75) is 51.2 Å². The number of hydrogen-bond acceptors (Lipinski definition) is 7. The molecule has 1 fully saturated rings.